The monoisotopic (exact) mass is 326 g/mol. The fourth-order valence-electron chi connectivity index (χ4n) is 3.11. The van der Waals surface area contributed by atoms with Crippen LogP contribution in [0, 0.1) is 5.92 Å². The number of rotatable bonds is 3. The minimum Gasteiger partial charge on any atom is -0.342 e. The van der Waals surface area contributed by atoms with Crippen molar-refractivity contribution in [1.29, 1.82) is 0 Å². The Labute approximate surface area is 141 Å². The summed E-state index contributed by atoms with van der Waals surface area (Å²) in [4.78, 5) is 37.7. The van der Waals surface area contributed by atoms with Gasteiger partial charge in [-0.2, -0.15) is 0 Å². The summed E-state index contributed by atoms with van der Waals surface area (Å²) in [6.45, 7) is 5.22. The molecule has 2 aromatic heterocycles. The van der Waals surface area contributed by atoms with Gasteiger partial charge < -0.3 is 9.88 Å². The Morgan fingerprint density at radius 1 is 1.33 bits per heavy atom. The number of likely N-dealkylation sites (tertiary alicyclic amines) is 1. The zero-order valence-corrected chi connectivity index (χ0v) is 14.0. The zero-order valence-electron chi connectivity index (χ0n) is 14.0. The van der Waals surface area contributed by atoms with E-state index in [0.717, 1.165) is 24.9 Å². The lowest BCUT2D eigenvalue weighted by molar-refractivity contribution is -0.135. The number of carbonyl (C=O) groups excluding carboxylic acids is 1. The number of hydrogen-bond donors (Lipinski definition) is 1. The first kappa shape index (κ1) is 16.4. The van der Waals surface area contributed by atoms with Gasteiger partial charge in [-0.15, -0.1) is 0 Å². The topological polar surface area (TPSA) is 79.0 Å². The summed E-state index contributed by atoms with van der Waals surface area (Å²) in [5, 5.41) is 0. The highest BCUT2D eigenvalue weighted by atomic mass is 16.2. The molecule has 0 saturated carbocycles. The number of aromatic amines is 1. The molecule has 0 bridgehead atoms. The van der Waals surface area contributed by atoms with Gasteiger partial charge >= 0.3 is 0 Å². The van der Waals surface area contributed by atoms with Crippen LogP contribution in [0.2, 0.25) is 0 Å². The maximum atomic E-state index is 12.3. The lowest BCUT2D eigenvalue weighted by atomic mass is 9.96. The first-order chi connectivity index (χ1) is 11.5. The van der Waals surface area contributed by atoms with Gasteiger partial charge in [0.2, 0.25) is 5.91 Å². The highest BCUT2D eigenvalue weighted by Crippen LogP contribution is 2.26. The molecular weight excluding hydrogens is 304 g/mol. The van der Waals surface area contributed by atoms with E-state index in [1.54, 1.807) is 12.4 Å². The first-order valence-electron chi connectivity index (χ1n) is 8.35. The number of aromatic nitrogens is 3. The molecule has 1 saturated heterocycles. The lowest BCUT2D eigenvalue weighted by Gasteiger charge is -2.33. The van der Waals surface area contributed by atoms with Gasteiger partial charge in [0.1, 0.15) is 5.82 Å². The van der Waals surface area contributed by atoms with Crippen LogP contribution in [0.3, 0.4) is 0 Å². The number of nitrogens with zero attached hydrogens (tertiary/aromatic N) is 3. The van der Waals surface area contributed by atoms with Crippen LogP contribution in [0.1, 0.15) is 38.4 Å². The van der Waals surface area contributed by atoms with Gasteiger partial charge in [0.05, 0.1) is 5.69 Å². The van der Waals surface area contributed by atoms with Crippen molar-refractivity contribution < 1.29 is 4.79 Å². The minimum absolute atomic E-state index is 0.0149. The largest absolute Gasteiger partial charge is 0.342 e. The molecule has 2 aromatic rings. The molecule has 1 atom stereocenters. The molecule has 1 aliphatic heterocycles. The Hall–Kier alpha value is -2.50. The normalized spacial score (nSPS) is 18.0. The predicted octanol–water partition coefficient (Wildman–Crippen LogP) is 2.19. The maximum absolute atomic E-state index is 12.3. The van der Waals surface area contributed by atoms with Gasteiger partial charge in [0.25, 0.3) is 5.56 Å². The van der Waals surface area contributed by atoms with Gasteiger partial charge in [-0.05, 0) is 25.0 Å². The Balaban J connectivity index is 1.88. The summed E-state index contributed by atoms with van der Waals surface area (Å²) in [6, 6.07) is 5.17. The molecule has 3 heterocycles. The smallest absolute Gasteiger partial charge is 0.251 e. The van der Waals surface area contributed by atoms with E-state index in [1.807, 2.05) is 30.9 Å². The lowest BCUT2D eigenvalue weighted by Crippen LogP contribution is -2.41. The van der Waals surface area contributed by atoms with E-state index < -0.39 is 0 Å². The van der Waals surface area contributed by atoms with Crippen LogP contribution in [-0.4, -0.2) is 38.8 Å². The van der Waals surface area contributed by atoms with Crippen molar-refractivity contribution in [2.75, 3.05) is 13.1 Å². The van der Waals surface area contributed by atoms with Gasteiger partial charge in [0, 0.05) is 48.9 Å². The summed E-state index contributed by atoms with van der Waals surface area (Å²) in [7, 11) is 0. The molecule has 0 radical (unpaired) electrons. The minimum atomic E-state index is -0.167. The summed E-state index contributed by atoms with van der Waals surface area (Å²) < 4.78 is 0. The van der Waals surface area contributed by atoms with Crippen molar-refractivity contribution in [3.63, 3.8) is 0 Å². The summed E-state index contributed by atoms with van der Waals surface area (Å²) in [6.07, 6.45) is 5.21. The van der Waals surface area contributed by atoms with E-state index in [9.17, 15) is 9.59 Å². The Kier molecular flexibility index (Phi) is 4.74. The molecule has 1 aliphatic rings. The van der Waals surface area contributed by atoms with Crippen molar-refractivity contribution in [3.05, 3.63) is 46.8 Å². The third-order valence-electron chi connectivity index (χ3n) is 4.35. The standard InChI is InChI=1S/C18H22N4O2/c1-12(2)18(24)22-9-3-4-14(11-22)17-20-15(10-16(23)21-17)13-5-7-19-8-6-13/h5-8,10,12,14H,3-4,9,11H2,1-2H3,(H,20,21,23). The molecule has 0 aliphatic carbocycles. The molecule has 1 amide bonds. The number of carbonyl (C=O) groups is 1. The predicted molar refractivity (Wildman–Crippen MR) is 91.5 cm³/mol. The quantitative estimate of drug-likeness (QED) is 0.938. The molecule has 0 spiro atoms. The third kappa shape index (κ3) is 3.53. The van der Waals surface area contributed by atoms with Gasteiger partial charge in [-0.1, -0.05) is 13.8 Å². The van der Waals surface area contributed by atoms with Crippen LogP contribution in [0.4, 0.5) is 0 Å². The third-order valence-corrected chi connectivity index (χ3v) is 4.35. The second-order valence-corrected chi connectivity index (χ2v) is 6.53. The number of pyridine rings is 1. The Bertz CT molecular complexity index is 770. The molecule has 1 unspecified atom stereocenters. The molecule has 0 aromatic carbocycles. The number of nitrogens with one attached hydrogen (secondary N) is 1. The van der Waals surface area contributed by atoms with E-state index in [4.69, 9.17) is 0 Å². The van der Waals surface area contributed by atoms with Crippen molar-refractivity contribution in [3.8, 4) is 11.3 Å². The zero-order chi connectivity index (χ0) is 17.1. The summed E-state index contributed by atoms with van der Waals surface area (Å²) in [5.41, 5.74) is 1.34. The van der Waals surface area contributed by atoms with Crippen molar-refractivity contribution >= 4 is 5.91 Å². The fraction of sp³-hybridized carbons (Fsp3) is 0.444. The van der Waals surface area contributed by atoms with Crippen LogP contribution < -0.4 is 5.56 Å². The highest BCUT2D eigenvalue weighted by molar-refractivity contribution is 5.78. The molecule has 6 heteroatoms. The van der Waals surface area contributed by atoms with Crippen molar-refractivity contribution in [1.82, 2.24) is 19.9 Å². The number of H-pyrrole nitrogens is 1. The molecular formula is C18H22N4O2. The van der Waals surface area contributed by atoms with E-state index in [-0.39, 0.29) is 23.3 Å². The number of piperidine rings is 1. The molecule has 1 fully saturated rings. The van der Waals surface area contributed by atoms with E-state index in [1.165, 1.54) is 6.07 Å². The highest BCUT2D eigenvalue weighted by Gasteiger charge is 2.27. The summed E-state index contributed by atoms with van der Waals surface area (Å²) >= 11 is 0. The Morgan fingerprint density at radius 3 is 2.79 bits per heavy atom. The van der Waals surface area contributed by atoms with Gasteiger partial charge in [-0.25, -0.2) is 4.98 Å². The average Bonchev–Trinajstić information content (AvgIpc) is 2.61. The van der Waals surface area contributed by atoms with Crippen molar-refractivity contribution in [2.45, 2.75) is 32.6 Å². The van der Waals surface area contributed by atoms with Gasteiger partial charge in [0.15, 0.2) is 0 Å². The fourth-order valence-corrected chi connectivity index (χ4v) is 3.11. The molecule has 1 N–H and O–H groups in total. The molecule has 3 rings (SSSR count). The second-order valence-electron chi connectivity index (χ2n) is 6.53. The molecule has 126 valence electrons. The average molecular weight is 326 g/mol. The van der Waals surface area contributed by atoms with Gasteiger partial charge in [-0.3, -0.25) is 14.6 Å². The van der Waals surface area contributed by atoms with Crippen LogP contribution >= 0.6 is 0 Å². The number of amides is 1. The molecule has 24 heavy (non-hydrogen) atoms. The van der Waals surface area contributed by atoms with Crippen LogP contribution in [0.15, 0.2) is 35.4 Å². The van der Waals surface area contributed by atoms with E-state index in [2.05, 4.69) is 15.0 Å². The van der Waals surface area contributed by atoms with Crippen LogP contribution in [-0.2, 0) is 4.79 Å². The van der Waals surface area contributed by atoms with Crippen LogP contribution in [0.5, 0.6) is 0 Å². The first-order valence-corrected chi connectivity index (χ1v) is 8.35. The Morgan fingerprint density at radius 2 is 2.08 bits per heavy atom. The second kappa shape index (κ2) is 6.95. The maximum Gasteiger partial charge on any atom is 0.251 e. The SMILES string of the molecule is CC(C)C(=O)N1CCCC(c2nc(-c3ccncc3)cc(=O)[nH]2)C1. The van der Waals surface area contributed by atoms with E-state index in [0.29, 0.717) is 18.1 Å². The summed E-state index contributed by atoms with van der Waals surface area (Å²) in [5.74, 6) is 0.873. The number of hydrogen-bond acceptors (Lipinski definition) is 4. The van der Waals surface area contributed by atoms with Crippen molar-refractivity contribution in [2.24, 2.45) is 5.92 Å². The molecule has 6 nitrogen and oxygen atoms in total. The van der Waals surface area contributed by atoms with Crippen LogP contribution in [0.25, 0.3) is 11.3 Å². The van der Waals surface area contributed by atoms with E-state index >= 15 is 0 Å².